The largest absolute Gasteiger partial charge is 0.484 e. The topological polar surface area (TPSA) is 66.5 Å². The van der Waals surface area contributed by atoms with Gasteiger partial charge in [0.1, 0.15) is 11.5 Å². The quantitative estimate of drug-likeness (QED) is 0.821. The highest BCUT2D eigenvalue weighted by molar-refractivity contribution is 5.79. The average molecular weight is 310 g/mol. The van der Waals surface area contributed by atoms with Crippen molar-refractivity contribution in [3.63, 3.8) is 0 Å². The van der Waals surface area contributed by atoms with E-state index >= 15 is 0 Å². The molecule has 0 unspecified atom stereocenters. The summed E-state index contributed by atoms with van der Waals surface area (Å²) in [6.45, 7) is 1.95. The van der Waals surface area contributed by atoms with Crippen molar-refractivity contribution in [2.24, 2.45) is 0 Å². The number of hydrogen-bond acceptors (Lipinski definition) is 4. The van der Waals surface area contributed by atoms with E-state index in [0.717, 1.165) is 18.6 Å². The fraction of sp³-hybridized carbons (Fsp3) is 0.333. The minimum absolute atomic E-state index is 0.0204. The lowest BCUT2D eigenvalue weighted by Gasteiger charge is -2.28. The van der Waals surface area contributed by atoms with E-state index in [1.807, 2.05) is 30.0 Å². The molecule has 1 aliphatic rings. The fourth-order valence-corrected chi connectivity index (χ4v) is 2.60. The summed E-state index contributed by atoms with van der Waals surface area (Å²) in [4.78, 5) is 14.4. The standard InChI is InChI=1S/C18H18N2O3/c1-13(17-3-2-10-22-17)20(15-6-7-15)18(21)12-23-16-8-4-14(11-19)5-9-16/h2-5,8-10,13,15H,6-7,12H2,1H3/t13-/m1/s1. The minimum atomic E-state index is -0.102. The number of nitriles is 1. The molecule has 1 aliphatic carbocycles. The van der Waals surface area contributed by atoms with Crippen LogP contribution in [0.2, 0.25) is 0 Å². The summed E-state index contributed by atoms with van der Waals surface area (Å²) in [7, 11) is 0. The summed E-state index contributed by atoms with van der Waals surface area (Å²) < 4.78 is 11.0. The number of rotatable bonds is 6. The summed E-state index contributed by atoms with van der Waals surface area (Å²) in [6, 6.07) is 12.7. The Morgan fingerprint density at radius 1 is 1.39 bits per heavy atom. The van der Waals surface area contributed by atoms with Crippen LogP contribution in [0.5, 0.6) is 5.75 Å². The van der Waals surface area contributed by atoms with Gasteiger partial charge in [0.25, 0.3) is 5.91 Å². The first-order chi connectivity index (χ1) is 11.2. The number of nitrogens with zero attached hydrogens (tertiary/aromatic N) is 2. The van der Waals surface area contributed by atoms with E-state index in [1.54, 1.807) is 30.5 Å². The third kappa shape index (κ3) is 3.54. The predicted octanol–water partition coefficient (Wildman–Crippen LogP) is 3.28. The highest BCUT2D eigenvalue weighted by atomic mass is 16.5. The molecule has 2 aromatic rings. The van der Waals surface area contributed by atoms with Gasteiger partial charge in [0, 0.05) is 6.04 Å². The van der Waals surface area contributed by atoms with Crippen molar-refractivity contribution >= 4 is 5.91 Å². The summed E-state index contributed by atoms with van der Waals surface area (Å²) in [6.07, 6.45) is 3.66. The second-order valence-electron chi connectivity index (χ2n) is 5.65. The van der Waals surface area contributed by atoms with E-state index in [2.05, 4.69) is 0 Å². The van der Waals surface area contributed by atoms with Crippen LogP contribution in [0.25, 0.3) is 0 Å². The van der Waals surface area contributed by atoms with Crippen molar-refractivity contribution in [2.75, 3.05) is 6.61 Å². The normalized spacial score (nSPS) is 14.8. The van der Waals surface area contributed by atoms with E-state index in [0.29, 0.717) is 11.3 Å². The van der Waals surface area contributed by atoms with Gasteiger partial charge >= 0.3 is 0 Å². The first-order valence-electron chi connectivity index (χ1n) is 7.66. The maximum absolute atomic E-state index is 12.6. The average Bonchev–Trinajstić information content (AvgIpc) is 3.25. The van der Waals surface area contributed by atoms with Crippen molar-refractivity contribution in [1.29, 1.82) is 5.26 Å². The van der Waals surface area contributed by atoms with Gasteiger partial charge in [-0.25, -0.2) is 0 Å². The fourth-order valence-electron chi connectivity index (χ4n) is 2.60. The lowest BCUT2D eigenvalue weighted by Crippen LogP contribution is -2.38. The summed E-state index contributed by atoms with van der Waals surface area (Å²) in [5.74, 6) is 1.31. The maximum atomic E-state index is 12.6. The van der Waals surface area contributed by atoms with Crippen LogP contribution < -0.4 is 4.74 Å². The van der Waals surface area contributed by atoms with Crippen LogP contribution in [0.1, 0.15) is 37.1 Å². The van der Waals surface area contributed by atoms with Crippen molar-refractivity contribution in [1.82, 2.24) is 4.90 Å². The van der Waals surface area contributed by atoms with E-state index in [1.165, 1.54) is 0 Å². The molecule has 5 heteroatoms. The molecule has 0 bridgehead atoms. The molecule has 1 atom stereocenters. The molecule has 1 heterocycles. The third-order valence-electron chi connectivity index (χ3n) is 3.95. The SMILES string of the molecule is C[C@H](c1ccco1)N(C(=O)COc1ccc(C#N)cc1)C1CC1. The molecule has 0 N–H and O–H groups in total. The molecule has 1 fully saturated rings. The van der Waals surface area contributed by atoms with Crippen LogP contribution in [0, 0.1) is 11.3 Å². The van der Waals surface area contributed by atoms with Gasteiger partial charge in [0.15, 0.2) is 6.61 Å². The van der Waals surface area contributed by atoms with Gasteiger partial charge in [0.2, 0.25) is 0 Å². The number of ether oxygens (including phenoxy) is 1. The van der Waals surface area contributed by atoms with Crippen molar-refractivity contribution in [3.05, 3.63) is 54.0 Å². The van der Waals surface area contributed by atoms with Crippen LogP contribution in [0.3, 0.4) is 0 Å². The molecule has 5 nitrogen and oxygen atoms in total. The van der Waals surface area contributed by atoms with Gasteiger partial charge in [-0.15, -0.1) is 0 Å². The first-order valence-corrected chi connectivity index (χ1v) is 7.66. The molecule has 1 saturated carbocycles. The molecule has 3 rings (SSSR count). The molecule has 0 spiro atoms. The Morgan fingerprint density at radius 3 is 2.70 bits per heavy atom. The minimum Gasteiger partial charge on any atom is -0.484 e. The van der Waals surface area contributed by atoms with E-state index < -0.39 is 0 Å². The number of furan rings is 1. The Bertz CT molecular complexity index is 697. The second-order valence-corrected chi connectivity index (χ2v) is 5.65. The lowest BCUT2D eigenvalue weighted by atomic mass is 10.2. The van der Waals surface area contributed by atoms with E-state index in [-0.39, 0.29) is 24.6 Å². The zero-order valence-electron chi connectivity index (χ0n) is 12.9. The molecule has 1 aromatic carbocycles. The van der Waals surface area contributed by atoms with Gasteiger partial charge in [-0.1, -0.05) is 0 Å². The van der Waals surface area contributed by atoms with Crippen molar-refractivity contribution in [3.8, 4) is 11.8 Å². The van der Waals surface area contributed by atoms with Crippen LogP contribution >= 0.6 is 0 Å². The van der Waals surface area contributed by atoms with Gasteiger partial charge in [-0.3, -0.25) is 4.79 Å². The molecular formula is C18H18N2O3. The Labute approximate surface area is 135 Å². The van der Waals surface area contributed by atoms with E-state index in [4.69, 9.17) is 14.4 Å². The summed E-state index contributed by atoms with van der Waals surface area (Å²) in [5.41, 5.74) is 0.565. The van der Waals surface area contributed by atoms with Crippen LogP contribution in [-0.2, 0) is 4.79 Å². The Kier molecular flexibility index (Phi) is 4.33. The van der Waals surface area contributed by atoms with Crippen molar-refractivity contribution in [2.45, 2.75) is 31.8 Å². The Balaban J connectivity index is 1.63. The van der Waals surface area contributed by atoms with Crippen molar-refractivity contribution < 1.29 is 13.9 Å². The summed E-state index contributed by atoms with van der Waals surface area (Å²) >= 11 is 0. The maximum Gasteiger partial charge on any atom is 0.261 e. The second kappa shape index (κ2) is 6.57. The number of carbonyl (C=O) groups excluding carboxylic acids is 1. The molecule has 23 heavy (non-hydrogen) atoms. The third-order valence-corrected chi connectivity index (χ3v) is 3.95. The molecular weight excluding hydrogens is 292 g/mol. The molecule has 118 valence electrons. The number of hydrogen-bond donors (Lipinski definition) is 0. The molecule has 0 aliphatic heterocycles. The number of benzene rings is 1. The zero-order valence-corrected chi connectivity index (χ0v) is 12.9. The first kappa shape index (κ1) is 15.2. The van der Waals surface area contributed by atoms with Gasteiger partial charge in [0.05, 0.1) is 23.9 Å². The highest BCUT2D eigenvalue weighted by Crippen LogP contribution is 2.34. The van der Waals surface area contributed by atoms with E-state index in [9.17, 15) is 4.79 Å². The Morgan fingerprint density at radius 2 is 2.13 bits per heavy atom. The smallest absolute Gasteiger partial charge is 0.261 e. The lowest BCUT2D eigenvalue weighted by molar-refractivity contribution is -0.136. The number of amides is 1. The zero-order chi connectivity index (χ0) is 16.2. The van der Waals surface area contributed by atoms with Gasteiger partial charge in [-0.05, 0) is 56.2 Å². The monoisotopic (exact) mass is 310 g/mol. The Hall–Kier alpha value is -2.74. The highest BCUT2D eigenvalue weighted by Gasteiger charge is 2.37. The van der Waals surface area contributed by atoms with Gasteiger partial charge in [-0.2, -0.15) is 5.26 Å². The van der Waals surface area contributed by atoms with Crippen LogP contribution in [-0.4, -0.2) is 23.5 Å². The summed E-state index contributed by atoms with van der Waals surface area (Å²) in [5, 5.41) is 8.78. The number of carbonyl (C=O) groups is 1. The molecule has 0 radical (unpaired) electrons. The van der Waals surface area contributed by atoms with Crippen LogP contribution in [0.4, 0.5) is 0 Å². The molecule has 1 aromatic heterocycles. The molecule has 0 saturated heterocycles. The predicted molar refractivity (Wildman–Crippen MR) is 83.6 cm³/mol. The van der Waals surface area contributed by atoms with Gasteiger partial charge < -0.3 is 14.1 Å². The molecule has 1 amide bonds. The van der Waals surface area contributed by atoms with Crippen LogP contribution in [0.15, 0.2) is 47.1 Å².